The molecular formula is C126H198N6O12. The predicted octanol–water partition coefficient (Wildman–Crippen LogP) is 28.2. The van der Waals surface area contributed by atoms with Crippen molar-refractivity contribution >= 4 is 35.4 Å². The highest BCUT2D eigenvalue weighted by atomic mass is 16.5. The molecule has 0 fully saturated rings. The summed E-state index contributed by atoms with van der Waals surface area (Å²) in [5.74, 6) is 2.62. The van der Waals surface area contributed by atoms with Crippen LogP contribution in [0.15, 0.2) is 72.8 Å². The predicted molar refractivity (Wildman–Crippen MR) is 599 cm³/mol. The van der Waals surface area contributed by atoms with E-state index in [4.69, 9.17) is 28.4 Å². The second kappa shape index (κ2) is 58.6. The first-order valence-corrected chi connectivity index (χ1v) is 56.6. The summed E-state index contributed by atoms with van der Waals surface area (Å²) in [6.45, 7) is 71.9. The summed E-state index contributed by atoms with van der Waals surface area (Å²) in [6.07, 6.45) is 22.3. The Morgan fingerprint density at radius 3 is 0.347 bits per heavy atom. The van der Waals surface area contributed by atoms with Crippen molar-refractivity contribution in [2.75, 3.05) is 118 Å². The van der Waals surface area contributed by atoms with Gasteiger partial charge in [0.05, 0.1) is 0 Å². The molecule has 18 nitrogen and oxygen atoms in total. The monoisotopic (exact) mass is 1990 g/mol. The highest BCUT2D eigenvalue weighted by Crippen LogP contribution is 2.48. The topological polar surface area (TPSA) is 177 Å². The van der Waals surface area contributed by atoms with Gasteiger partial charge in [-0.1, -0.05) is 358 Å². The number of ether oxygens (including phenoxy) is 6. The molecule has 0 aromatic heterocycles. The highest BCUT2D eigenvalue weighted by molar-refractivity contribution is 5.81. The minimum Gasteiger partial charge on any atom is -0.483 e. The Bertz CT molecular complexity index is 4050. The molecule has 6 aromatic rings. The lowest BCUT2D eigenvalue weighted by Crippen LogP contribution is -2.37. The average molecular weight is 1990 g/mol. The fourth-order valence-electron chi connectivity index (χ4n) is 18.7. The number of carbonyl (C=O) groups is 6. The maximum Gasteiger partial charge on any atom is 0.260 e. The third-order valence-electron chi connectivity index (χ3n) is 28.5. The van der Waals surface area contributed by atoms with Crippen molar-refractivity contribution in [1.82, 2.24) is 29.4 Å². The molecule has 12 bridgehead atoms. The number of hydrogen-bond acceptors (Lipinski definition) is 12. The van der Waals surface area contributed by atoms with Gasteiger partial charge in [-0.2, -0.15) is 0 Å². The summed E-state index contributed by atoms with van der Waals surface area (Å²) in [7, 11) is 0. The minimum atomic E-state index is -0.484. The third kappa shape index (κ3) is 37.3. The summed E-state index contributed by atoms with van der Waals surface area (Å²) in [4.78, 5) is 106. The standard InChI is InChI=1S/C126H198N6O12/c1-31-43-55-127(56-44-32-2)109(133)85-139-115-91-67-93-75-104(122(16,17)18)77-95(116(93)140-86-110(134)128(57-45-33-3)58-46-34-4)69-97-79-106(124(22,23)24)81-99(118(97)142-88-112(136)130(61-49-37-7)62-50-38-8)71-101-83-108(126(28,29)30)84-102(120(101)144-90-114(138)132(65-53-41-11)66-54-42-12)72-100-82-107(125(25,26)27)80-98(119(100)143-89-113(137)131(63-51-39-9)64-52-40-10)70-96-78-105(123(19,20)21)76-94(68-92(115)74-103(73-91)121(13,14)15)117(96)141-87-111(135)129(59-47-35-5)60-48-36-6/h73-84H,31-72,85-90H2,1-30H3. The molecule has 7 rings (SSSR count). The van der Waals surface area contributed by atoms with Crippen molar-refractivity contribution in [1.29, 1.82) is 0 Å². The van der Waals surface area contributed by atoms with Crippen LogP contribution in [-0.2, 0) is 99.8 Å². The summed E-state index contributed by atoms with van der Waals surface area (Å²) in [5, 5.41) is 0. The van der Waals surface area contributed by atoms with E-state index >= 15 is 28.8 Å². The average Bonchev–Trinajstić information content (AvgIpc) is 0.762. The van der Waals surface area contributed by atoms with Crippen LogP contribution in [-0.4, -0.2) is 183 Å². The van der Waals surface area contributed by atoms with Crippen molar-refractivity contribution < 1.29 is 57.2 Å². The van der Waals surface area contributed by atoms with E-state index in [9.17, 15) is 0 Å². The number of benzene rings is 6. The van der Waals surface area contributed by atoms with E-state index in [0.717, 1.165) is 254 Å². The molecule has 1 aliphatic carbocycles. The first-order valence-electron chi connectivity index (χ1n) is 56.6. The van der Waals surface area contributed by atoms with Crippen LogP contribution in [0.3, 0.4) is 0 Å². The fraction of sp³-hybridized carbons (Fsp3) is 0.667. The van der Waals surface area contributed by atoms with Gasteiger partial charge in [0.2, 0.25) is 0 Å². The number of carbonyl (C=O) groups excluding carboxylic acids is 6. The van der Waals surface area contributed by atoms with Crippen LogP contribution in [0.2, 0.25) is 0 Å². The lowest BCUT2D eigenvalue weighted by atomic mass is 9.79. The molecule has 0 atom stereocenters. The van der Waals surface area contributed by atoms with Gasteiger partial charge < -0.3 is 57.8 Å². The zero-order valence-corrected chi connectivity index (χ0v) is 96.5. The molecule has 0 radical (unpaired) electrons. The van der Waals surface area contributed by atoms with E-state index in [1.165, 1.54) is 0 Å². The molecule has 0 unspecified atom stereocenters. The molecule has 6 aromatic carbocycles. The summed E-state index contributed by atoms with van der Waals surface area (Å²) < 4.78 is 45.7. The highest BCUT2D eigenvalue weighted by Gasteiger charge is 2.35. The fourth-order valence-corrected chi connectivity index (χ4v) is 18.7. The minimum absolute atomic E-state index is 0.107. The molecule has 6 amide bonds. The zero-order chi connectivity index (χ0) is 106. The van der Waals surface area contributed by atoms with Gasteiger partial charge in [0, 0.05) is 117 Å². The van der Waals surface area contributed by atoms with E-state index in [0.29, 0.717) is 113 Å². The Kier molecular flexibility index (Phi) is 49.6. The smallest absolute Gasteiger partial charge is 0.260 e. The van der Waals surface area contributed by atoms with Crippen LogP contribution in [0.25, 0.3) is 0 Å². The molecule has 0 heterocycles. The van der Waals surface area contributed by atoms with Crippen LogP contribution in [0, 0.1) is 0 Å². The first-order chi connectivity index (χ1) is 68.2. The van der Waals surface area contributed by atoms with Gasteiger partial charge >= 0.3 is 0 Å². The molecule has 0 spiro atoms. The SMILES string of the molecule is CCCCN(CCCC)C(=O)COc1c2cc(C(C)(C)C)cc1Cc1cc(C(C)(C)C)cc(c1OCC(=O)N(CCCC)CCCC)Cc1cc(C(C)(C)C)cc(c1OCC(=O)N(CCCC)CCCC)Cc1cc(C(C)(C)C)cc(c1OCC(=O)N(CCCC)CCCC)Cc1cc(C(C)(C)C)cc(c1OCC(=O)N(CCCC)CCCC)Cc1cc(C(C)(C)C)cc(c1OCC(=O)N(CCCC)CCCC)C2. The van der Waals surface area contributed by atoms with Crippen LogP contribution in [0.4, 0.5) is 0 Å². The number of nitrogens with zero attached hydrogens (tertiary/aromatic N) is 6. The lowest BCUT2D eigenvalue weighted by Gasteiger charge is -2.30. The second-order valence-electron chi connectivity index (χ2n) is 47.6. The number of rotatable bonds is 54. The maximum atomic E-state index is 15.6. The number of fused-ring (bicyclic) bond motifs is 12. The molecule has 0 aliphatic heterocycles. The Hall–Kier alpha value is -9.06. The summed E-state index contributed by atoms with van der Waals surface area (Å²) >= 11 is 0. The zero-order valence-electron chi connectivity index (χ0n) is 96.5. The van der Waals surface area contributed by atoms with Crippen LogP contribution in [0.1, 0.15) is 462 Å². The maximum absolute atomic E-state index is 15.6. The second-order valence-corrected chi connectivity index (χ2v) is 47.6. The normalized spacial score (nSPS) is 12.7. The molecule has 0 saturated heterocycles. The lowest BCUT2D eigenvalue weighted by molar-refractivity contribution is -0.134. The number of amides is 6. The quantitative estimate of drug-likeness (QED) is 0.0353. The van der Waals surface area contributed by atoms with Gasteiger partial charge in [-0.25, -0.2) is 0 Å². The summed E-state index contributed by atoms with van der Waals surface area (Å²) in [6, 6.07) is 27.3. The van der Waals surface area contributed by atoms with Gasteiger partial charge in [-0.05, 0) is 210 Å². The molecule has 144 heavy (non-hydrogen) atoms. The Balaban J connectivity index is 1.90. The largest absolute Gasteiger partial charge is 0.483 e. The van der Waals surface area contributed by atoms with E-state index < -0.39 is 32.5 Å². The van der Waals surface area contributed by atoms with Crippen molar-refractivity contribution in [3.05, 3.63) is 173 Å². The van der Waals surface area contributed by atoms with Crippen molar-refractivity contribution in [3.63, 3.8) is 0 Å². The Morgan fingerprint density at radius 1 is 0.181 bits per heavy atom. The van der Waals surface area contributed by atoms with Crippen LogP contribution < -0.4 is 28.4 Å². The van der Waals surface area contributed by atoms with Crippen LogP contribution >= 0.6 is 0 Å². The first kappa shape index (κ1) is 122. The van der Waals surface area contributed by atoms with Crippen molar-refractivity contribution in [3.8, 4) is 34.5 Å². The van der Waals surface area contributed by atoms with E-state index in [-0.39, 0.29) is 114 Å². The molecular weight excluding hydrogens is 1790 g/mol. The molecule has 0 saturated carbocycles. The Labute approximate surface area is 875 Å². The van der Waals surface area contributed by atoms with E-state index in [2.05, 4.69) is 281 Å². The molecule has 0 N–H and O–H groups in total. The molecule has 18 heteroatoms. The van der Waals surface area contributed by atoms with Gasteiger partial charge in [-0.3, -0.25) is 28.8 Å². The van der Waals surface area contributed by atoms with Crippen LogP contribution in [0.5, 0.6) is 34.5 Å². The van der Waals surface area contributed by atoms with E-state index in [1.54, 1.807) is 0 Å². The Morgan fingerprint density at radius 2 is 0.271 bits per heavy atom. The van der Waals surface area contributed by atoms with Gasteiger partial charge in [0.1, 0.15) is 34.5 Å². The number of unbranched alkanes of at least 4 members (excludes halogenated alkanes) is 12. The van der Waals surface area contributed by atoms with Gasteiger partial charge in [-0.15, -0.1) is 0 Å². The molecule has 1 aliphatic rings. The van der Waals surface area contributed by atoms with Crippen molar-refractivity contribution in [2.45, 2.75) is 433 Å². The van der Waals surface area contributed by atoms with Crippen molar-refractivity contribution in [2.24, 2.45) is 0 Å². The molecule has 804 valence electrons. The third-order valence-corrected chi connectivity index (χ3v) is 28.5. The van der Waals surface area contributed by atoms with Gasteiger partial charge in [0.15, 0.2) is 39.6 Å². The summed E-state index contributed by atoms with van der Waals surface area (Å²) in [5.41, 5.74) is 13.0. The van der Waals surface area contributed by atoms with Gasteiger partial charge in [0.25, 0.3) is 35.4 Å². The van der Waals surface area contributed by atoms with E-state index in [1.807, 2.05) is 29.4 Å². The number of hydrogen-bond donors (Lipinski definition) is 0.